The van der Waals surface area contributed by atoms with E-state index in [2.05, 4.69) is 10.0 Å². The average molecular weight is 412 g/mol. The zero-order chi connectivity index (χ0) is 20.9. The molecule has 0 bridgehead atoms. The molecule has 1 amide bonds. The summed E-state index contributed by atoms with van der Waals surface area (Å²) in [7, 11) is -4.02. The van der Waals surface area contributed by atoms with Crippen molar-refractivity contribution in [3.05, 3.63) is 95.8 Å². The molecule has 5 nitrogen and oxygen atoms in total. The van der Waals surface area contributed by atoms with Gasteiger partial charge in [0.15, 0.2) is 0 Å². The van der Waals surface area contributed by atoms with E-state index in [9.17, 15) is 17.6 Å². The van der Waals surface area contributed by atoms with Gasteiger partial charge in [-0.2, -0.15) is 4.72 Å². The van der Waals surface area contributed by atoms with E-state index in [0.717, 1.165) is 35.4 Å². The van der Waals surface area contributed by atoms with E-state index in [1.54, 1.807) is 12.1 Å². The molecular formula is C22H21FN2O3S. The van der Waals surface area contributed by atoms with Crippen LogP contribution in [0.4, 0.5) is 10.1 Å². The average Bonchev–Trinajstić information content (AvgIpc) is 2.70. The van der Waals surface area contributed by atoms with E-state index in [0.29, 0.717) is 5.69 Å². The fourth-order valence-electron chi connectivity index (χ4n) is 2.77. The third-order valence-electron chi connectivity index (χ3n) is 4.34. The Labute approximate surface area is 169 Å². The van der Waals surface area contributed by atoms with Crippen LogP contribution in [-0.2, 0) is 21.2 Å². The van der Waals surface area contributed by atoms with Crippen LogP contribution in [0.15, 0.2) is 83.8 Å². The first-order chi connectivity index (χ1) is 13.8. The summed E-state index contributed by atoms with van der Waals surface area (Å²) in [6.45, 7) is 1.93. The number of carbonyl (C=O) groups excluding carboxylic acids is 1. The van der Waals surface area contributed by atoms with Gasteiger partial charge >= 0.3 is 0 Å². The minimum absolute atomic E-state index is 0.111. The Morgan fingerprint density at radius 3 is 2.17 bits per heavy atom. The molecule has 29 heavy (non-hydrogen) atoms. The molecule has 0 fully saturated rings. The maximum atomic E-state index is 13.1. The maximum absolute atomic E-state index is 13.1. The fraction of sp³-hybridized carbons (Fsp3) is 0.136. The Hall–Kier alpha value is -3.03. The first-order valence-electron chi connectivity index (χ1n) is 9.03. The van der Waals surface area contributed by atoms with Gasteiger partial charge in [0.05, 0.1) is 4.90 Å². The van der Waals surface area contributed by atoms with E-state index < -0.39 is 27.8 Å². The van der Waals surface area contributed by atoms with Crippen LogP contribution in [0.2, 0.25) is 0 Å². The summed E-state index contributed by atoms with van der Waals surface area (Å²) >= 11 is 0. The Kier molecular flexibility index (Phi) is 6.41. The van der Waals surface area contributed by atoms with Crippen LogP contribution in [0.25, 0.3) is 0 Å². The van der Waals surface area contributed by atoms with Crippen molar-refractivity contribution in [1.82, 2.24) is 4.72 Å². The molecule has 2 N–H and O–H groups in total. The first-order valence-corrected chi connectivity index (χ1v) is 10.5. The molecule has 0 saturated heterocycles. The number of carbonyl (C=O) groups is 1. The predicted octanol–water partition coefficient (Wildman–Crippen LogP) is 3.66. The molecule has 3 aromatic rings. The quantitative estimate of drug-likeness (QED) is 0.622. The Balaban J connectivity index is 1.84. The molecule has 0 radical (unpaired) electrons. The van der Waals surface area contributed by atoms with E-state index in [4.69, 9.17) is 0 Å². The predicted molar refractivity (Wildman–Crippen MR) is 110 cm³/mol. The molecule has 0 aliphatic rings. The lowest BCUT2D eigenvalue weighted by Crippen LogP contribution is -2.45. The SMILES string of the molecule is Cc1ccc(NC(=O)C(Cc2ccccc2)NS(=O)(=O)c2ccc(F)cc2)cc1. The van der Waals surface area contributed by atoms with Gasteiger partial charge in [-0.05, 0) is 55.3 Å². The molecule has 0 heterocycles. The number of benzene rings is 3. The van der Waals surface area contributed by atoms with Gasteiger partial charge in [-0.3, -0.25) is 4.79 Å². The molecule has 3 rings (SSSR count). The minimum atomic E-state index is -4.02. The second kappa shape index (κ2) is 8.98. The third-order valence-corrected chi connectivity index (χ3v) is 5.83. The van der Waals surface area contributed by atoms with Crippen LogP contribution in [0, 0.1) is 12.7 Å². The van der Waals surface area contributed by atoms with Gasteiger partial charge in [0.2, 0.25) is 15.9 Å². The molecule has 1 atom stereocenters. The number of halogens is 1. The van der Waals surface area contributed by atoms with Gasteiger partial charge in [0.25, 0.3) is 0 Å². The zero-order valence-electron chi connectivity index (χ0n) is 15.8. The van der Waals surface area contributed by atoms with Crippen LogP contribution >= 0.6 is 0 Å². The van der Waals surface area contributed by atoms with Gasteiger partial charge < -0.3 is 5.32 Å². The monoisotopic (exact) mass is 412 g/mol. The van der Waals surface area contributed by atoms with Crippen molar-refractivity contribution in [3.63, 3.8) is 0 Å². The summed E-state index contributed by atoms with van der Waals surface area (Å²) in [4.78, 5) is 12.8. The van der Waals surface area contributed by atoms with E-state index >= 15 is 0 Å². The van der Waals surface area contributed by atoms with Gasteiger partial charge in [-0.1, -0.05) is 48.0 Å². The molecule has 3 aromatic carbocycles. The Morgan fingerprint density at radius 2 is 1.55 bits per heavy atom. The number of anilines is 1. The van der Waals surface area contributed by atoms with Crippen molar-refractivity contribution in [2.75, 3.05) is 5.32 Å². The number of aryl methyl sites for hydroxylation is 1. The topological polar surface area (TPSA) is 75.3 Å². The first kappa shape index (κ1) is 20.7. The smallest absolute Gasteiger partial charge is 0.242 e. The number of nitrogens with one attached hydrogen (secondary N) is 2. The molecular weight excluding hydrogens is 391 g/mol. The minimum Gasteiger partial charge on any atom is -0.325 e. The lowest BCUT2D eigenvalue weighted by molar-refractivity contribution is -0.117. The van der Waals surface area contributed by atoms with Crippen molar-refractivity contribution in [2.45, 2.75) is 24.3 Å². The van der Waals surface area contributed by atoms with Crippen molar-refractivity contribution in [3.8, 4) is 0 Å². The van der Waals surface area contributed by atoms with Crippen LogP contribution in [0.1, 0.15) is 11.1 Å². The second-order valence-electron chi connectivity index (χ2n) is 6.67. The van der Waals surface area contributed by atoms with Crippen LogP contribution < -0.4 is 10.0 Å². The molecule has 0 aliphatic carbocycles. The molecule has 0 aliphatic heterocycles. The number of hydrogen-bond acceptors (Lipinski definition) is 3. The third kappa shape index (κ3) is 5.73. The van der Waals surface area contributed by atoms with Gasteiger partial charge in [0, 0.05) is 5.69 Å². The fourth-order valence-corrected chi connectivity index (χ4v) is 3.97. The van der Waals surface area contributed by atoms with Crippen molar-refractivity contribution in [2.24, 2.45) is 0 Å². The number of hydrogen-bond donors (Lipinski definition) is 2. The largest absolute Gasteiger partial charge is 0.325 e. The second-order valence-corrected chi connectivity index (χ2v) is 8.39. The zero-order valence-corrected chi connectivity index (χ0v) is 16.6. The lowest BCUT2D eigenvalue weighted by Gasteiger charge is -2.19. The van der Waals surface area contributed by atoms with Gasteiger partial charge in [-0.15, -0.1) is 0 Å². The van der Waals surface area contributed by atoms with Crippen LogP contribution in [0.3, 0.4) is 0 Å². The van der Waals surface area contributed by atoms with Crippen molar-refractivity contribution in [1.29, 1.82) is 0 Å². The van der Waals surface area contributed by atoms with E-state index in [1.165, 1.54) is 0 Å². The highest BCUT2D eigenvalue weighted by atomic mass is 32.2. The van der Waals surface area contributed by atoms with Crippen molar-refractivity contribution < 1.29 is 17.6 Å². The molecule has 1 unspecified atom stereocenters. The summed E-state index contributed by atoms with van der Waals surface area (Å²) in [6, 6.07) is 19.7. The molecule has 0 aromatic heterocycles. The Bertz CT molecular complexity index is 1070. The number of amides is 1. The summed E-state index contributed by atoms with van der Waals surface area (Å²) in [5.41, 5.74) is 2.42. The summed E-state index contributed by atoms with van der Waals surface area (Å²) < 4.78 is 41.1. The van der Waals surface area contributed by atoms with E-state index in [1.807, 2.05) is 49.4 Å². The normalized spacial score (nSPS) is 12.3. The van der Waals surface area contributed by atoms with E-state index in [-0.39, 0.29) is 11.3 Å². The maximum Gasteiger partial charge on any atom is 0.242 e. The molecule has 0 spiro atoms. The van der Waals surface area contributed by atoms with Gasteiger partial charge in [0.1, 0.15) is 11.9 Å². The van der Waals surface area contributed by atoms with Gasteiger partial charge in [-0.25, -0.2) is 12.8 Å². The highest BCUT2D eigenvalue weighted by Crippen LogP contribution is 2.14. The molecule has 150 valence electrons. The molecule has 0 saturated carbocycles. The summed E-state index contributed by atoms with van der Waals surface area (Å²) in [5, 5.41) is 2.75. The highest BCUT2D eigenvalue weighted by Gasteiger charge is 2.26. The Morgan fingerprint density at radius 1 is 0.931 bits per heavy atom. The highest BCUT2D eigenvalue weighted by molar-refractivity contribution is 7.89. The summed E-state index contributed by atoms with van der Waals surface area (Å²) in [6.07, 6.45) is 0.166. The number of rotatable bonds is 7. The molecule has 7 heteroatoms. The van der Waals surface area contributed by atoms with Crippen molar-refractivity contribution >= 4 is 21.6 Å². The van der Waals surface area contributed by atoms with Crippen LogP contribution in [-0.4, -0.2) is 20.4 Å². The summed E-state index contributed by atoms with van der Waals surface area (Å²) in [5.74, 6) is -1.02. The standard InChI is InChI=1S/C22H21FN2O3S/c1-16-7-11-19(12-8-16)24-22(26)21(15-17-5-3-2-4-6-17)25-29(27,28)20-13-9-18(23)10-14-20/h2-14,21,25H,15H2,1H3,(H,24,26). The van der Waals surface area contributed by atoms with Crippen LogP contribution in [0.5, 0.6) is 0 Å². The lowest BCUT2D eigenvalue weighted by atomic mass is 10.1. The number of sulfonamides is 1.